The van der Waals surface area contributed by atoms with Crippen LogP contribution >= 0.6 is 11.6 Å². The van der Waals surface area contributed by atoms with E-state index < -0.39 is 12.0 Å². The molecule has 0 radical (unpaired) electrons. The van der Waals surface area contributed by atoms with Crippen LogP contribution in [0.1, 0.15) is 10.4 Å². The number of aliphatic hydroxyl groups excluding tert-OH is 1. The summed E-state index contributed by atoms with van der Waals surface area (Å²) in [5.74, 6) is 0.652. The predicted molar refractivity (Wildman–Crippen MR) is 108 cm³/mol. The molecule has 0 aliphatic carbocycles. The van der Waals surface area contributed by atoms with Crippen LogP contribution < -0.4 is 14.8 Å². The molecule has 0 saturated heterocycles. The Morgan fingerprint density at radius 2 is 1.89 bits per heavy atom. The number of rotatable bonds is 8. The van der Waals surface area contributed by atoms with Crippen LogP contribution in [0.15, 0.2) is 67.0 Å². The number of amides is 1. The predicted octanol–water partition coefficient (Wildman–Crippen LogP) is 3.31. The normalized spacial score (nSPS) is 11.7. The molecule has 1 atom stereocenters. The molecule has 1 aromatic heterocycles. The van der Waals surface area contributed by atoms with E-state index >= 15 is 0 Å². The fourth-order valence-electron chi connectivity index (χ4n) is 2.66. The lowest BCUT2D eigenvalue weighted by Crippen LogP contribution is -2.35. The molecule has 0 fully saturated rings. The van der Waals surface area contributed by atoms with Crippen LogP contribution in [0.4, 0.5) is 0 Å². The van der Waals surface area contributed by atoms with E-state index in [1.54, 1.807) is 24.3 Å². The number of benzene rings is 2. The van der Waals surface area contributed by atoms with E-state index in [0.717, 1.165) is 0 Å². The highest BCUT2D eigenvalue weighted by Crippen LogP contribution is 2.30. The third kappa shape index (κ3) is 4.85. The highest BCUT2D eigenvalue weighted by atomic mass is 35.5. The van der Waals surface area contributed by atoms with E-state index in [0.29, 0.717) is 27.8 Å². The zero-order valence-corrected chi connectivity index (χ0v) is 16.1. The van der Waals surface area contributed by atoms with Gasteiger partial charge in [0.15, 0.2) is 0 Å². The molecular weight excluding hydrogens is 380 g/mol. The van der Waals surface area contributed by atoms with Crippen molar-refractivity contribution in [3.8, 4) is 17.2 Å². The number of hydrogen-bond acceptors (Lipinski definition) is 4. The van der Waals surface area contributed by atoms with Crippen LogP contribution in [0.25, 0.3) is 5.69 Å². The number of hydrogen-bond donors (Lipinski definition) is 2. The Morgan fingerprint density at radius 3 is 2.57 bits per heavy atom. The van der Waals surface area contributed by atoms with Crippen molar-refractivity contribution < 1.29 is 19.4 Å². The summed E-state index contributed by atoms with van der Waals surface area (Å²) in [6, 6.07) is 16.2. The molecule has 6 nitrogen and oxygen atoms in total. The molecule has 0 spiro atoms. The number of carbonyl (C=O) groups excluding carboxylic acids is 1. The number of aromatic nitrogens is 1. The zero-order valence-electron chi connectivity index (χ0n) is 15.3. The Labute approximate surface area is 168 Å². The molecule has 2 aromatic carbocycles. The Balaban J connectivity index is 1.62. The van der Waals surface area contributed by atoms with Gasteiger partial charge in [0.05, 0.1) is 23.4 Å². The van der Waals surface area contributed by atoms with E-state index in [1.165, 1.54) is 7.11 Å². The second-order valence-corrected chi connectivity index (χ2v) is 6.49. The Bertz CT molecular complexity index is 914. The number of aliphatic hydroxyl groups is 1. The monoisotopic (exact) mass is 400 g/mol. The minimum absolute atomic E-state index is 0.0335. The molecular formula is C21H21ClN2O4. The second-order valence-electron chi connectivity index (χ2n) is 6.08. The summed E-state index contributed by atoms with van der Waals surface area (Å²) in [6.07, 6.45) is 2.84. The van der Waals surface area contributed by atoms with E-state index in [9.17, 15) is 9.90 Å². The number of nitrogens with zero attached hydrogens (tertiary/aromatic N) is 1. The standard InChI is InChI=1S/C21H21ClN2O4/c1-27-20-12-19(24-9-5-6-10-24)18(22)11-17(20)21(26)23-13-15(25)14-28-16-7-3-2-4-8-16/h2-12,15,25H,13-14H2,1H3,(H,23,26). The molecule has 28 heavy (non-hydrogen) atoms. The smallest absolute Gasteiger partial charge is 0.255 e. The topological polar surface area (TPSA) is 72.7 Å². The molecule has 146 valence electrons. The average molecular weight is 401 g/mol. The quantitative estimate of drug-likeness (QED) is 0.608. The van der Waals surface area contributed by atoms with Crippen LogP contribution in [-0.2, 0) is 0 Å². The molecule has 0 bridgehead atoms. The Hall–Kier alpha value is -2.96. The van der Waals surface area contributed by atoms with E-state index in [-0.39, 0.29) is 13.2 Å². The average Bonchev–Trinajstić information content (AvgIpc) is 3.25. The highest BCUT2D eigenvalue weighted by Gasteiger charge is 2.17. The van der Waals surface area contributed by atoms with Crippen molar-refractivity contribution >= 4 is 17.5 Å². The molecule has 0 aliphatic rings. The highest BCUT2D eigenvalue weighted by molar-refractivity contribution is 6.33. The first-order chi connectivity index (χ1) is 13.6. The largest absolute Gasteiger partial charge is 0.496 e. The summed E-state index contributed by atoms with van der Waals surface area (Å²) >= 11 is 6.35. The summed E-state index contributed by atoms with van der Waals surface area (Å²) in [5.41, 5.74) is 0.996. The van der Waals surface area contributed by atoms with Gasteiger partial charge in [0.1, 0.15) is 24.2 Å². The lowest BCUT2D eigenvalue weighted by Gasteiger charge is -2.16. The van der Waals surface area contributed by atoms with Gasteiger partial charge in [0.25, 0.3) is 5.91 Å². The van der Waals surface area contributed by atoms with Crippen LogP contribution in [0.3, 0.4) is 0 Å². The molecule has 1 unspecified atom stereocenters. The van der Waals surface area contributed by atoms with Crippen molar-refractivity contribution in [2.75, 3.05) is 20.3 Å². The molecule has 1 heterocycles. The SMILES string of the molecule is COc1cc(-n2cccc2)c(Cl)cc1C(=O)NCC(O)COc1ccccc1. The minimum atomic E-state index is -0.857. The van der Waals surface area contributed by atoms with Gasteiger partial charge in [-0.25, -0.2) is 0 Å². The molecule has 0 aliphatic heterocycles. The maximum Gasteiger partial charge on any atom is 0.255 e. The molecule has 0 saturated carbocycles. The number of nitrogens with one attached hydrogen (secondary N) is 1. The third-order valence-corrected chi connectivity index (χ3v) is 4.38. The van der Waals surface area contributed by atoms with Gasteiger partial charge < -0.3 is 24.5 Å². The molecule has 1 amide bonds. The van der Waals surface area contributed by atoms with Crippen molar-refractivity contribution in [1.82, 2.24) is 9.88 Å². The maximum atomic E-state index is 12.5. The molecule has 2 N–H and O–H groups in total. The Morgan fingerprint density at radius 1 is 1.18 bits per heavy atom. The lowest BCUT2D eigenvalue weighted by molar-refractivity contribution is 0.0841. The van der Waals surface area contributed by atoms with Gasteiger partial charge in [-0.15, -0.1) is 0 Å². The minimum Gasteiger partial charge on any atom is -0.496 e. The number of carbonyl (C=O) groups is 1. The maximum absolute atomic E-state index is 12.5. The number of para-hydroxylation sites is 1. The van der Waals surface area contributed by atoms with Gasteiger partial charge >= 0.3 is 0 Å². The summed E-state index contributed by atoms with van der Waals surface area (Å²) in [7, 11) is 1.49. The van der Waals surface area contributed by atoms with Crippen molar-refractivity contribution in [3.63, 3.8) is 0 Å². The van der Waals surface area contributed by atoms with E-state index in [1.807, 2.05) is 47.3 Å². The van der Waals surface area contributed by atoms with Gasteiger partial charge in [-0.2, -0.15) is 0 Å². The lowest BCUT2D eigenvalue weighted by atomic mass is 10.1. The van der Waals surface area contributed by atoms with E-state index in [4.69, 9.17) is 21.1 Å². The summed E-state index contributed by atoms with van der Waals surface area (Å²) < 4.78 is 12.7. The second kappa shape index (κ2) is 9.30. The summed E-state index contributed by atoms with van der Waals surface area (Å²) in [5, 5.41) is 13.1. The van der Waals surface area contributed by atoms with Gasteiger partial charge in [-0.3, -0.25) is 4.79 Å². The summed E-state index contributed by atoms with van der Waals surface area (Å²) in [6.45, 7) is 0.0978. The van der Waals surface area contributed by atoms with Gasteiger partial charge in [-0.1, -0.05) is 29.8 Å². The molecule has 7 heteroatoms. The first-order valence-corrected chi connectivity index (χ1v) is 9.11. The van der Waals surface area contributed by atoms with Crippen molar-refractivity contribution in [3.05, 3.63) is 77.6 Å². The van der Waals surface area contributed by atoms with Crippen molar-refractivity contribution in [1.29, 1.82) is 0 Å². The van der Waals surface area contributed by atoms with Crippen LogP contribution in [-0.4, -0.2) is 41.9 Å². The zero-order chi connectivity index (χ0) is 19.9. The van der Waals surface area contributed by atoms with E-state index in [2.05, 4.69) is 5.32 Å². The number of methoxy groups -OCH3 is 1. The fourth-order valence-corrected chi connectivity index (χ4v) is 2.92. The van der Waals surface area contributed by atoms with Crippen molar-refractivity contribution in [2.24, 2.45) is 0 Å². The fraction of sp³-hybridized carbons (Fsp3) is 0.190. The van der Waals surface area contributed by atoms with Crippen LogP contribution in [0, 0.1) is 0 Å². The van der Waals surface area contributed by atoms with Crippen LogP contribution in [0.5, 0.6) is 11.5 Å². The van der Waals surface area contributed by atoms with Crippen LogP contribution in [0.2, 0.25) is 5.02 Å². The molecule has 3 rings (SSSR count). The summed E-state index contributed by atoms with van der Waals surface area (Å²) in [4.78, 5) is 12.5. The first-order valence-electron chi connectivity index (χ1n) is 8.73. The Kier molecular flexibility index (Phi) is 6.57. The van der Waals surface area contributed by atoms with Gasteiger partial charge in [0.2, 0.25) is 0 Å². The van der Waals surface area contributed by atoms with Crippen molar-refractivity contribution in [2.45, 2.75) is 6.10 Å². The number of ether oxygens (including phenoxy) is 2. The molecule has 3 aromatic rings. The third-order valence-electron chi connectivity index (χ3n) is 4.08. The van der Waals surface area contributed by atoms with Gasteiger partial charge in [0, 0.05) is 25.0 Å². The number of halogens is 1. The first kappa shape index (κ1) is 19.8. The van der Waals surface area contributed by atoms with Gasteiger partial charge in [-0.05, 0) is 30.3 Å².